The lowest BCUT2D eigenvalue weighted by Crippen LogP contribution is -2.54. The number of nitrogens with zero attached hydrogens (tertiary/aromatic N) is 4. The first-order valence-electron chi connectivity index (χ1n) is 9.38. The van der Waals surface area contributed by atoms with Crippen LogP contribution in [0.3, 0.4) is 0 Å². The van der Waals surface area contributed by atoms with Gasteiger partial charge in [0.1, 0.15) is 23.8 Å². The highest BCUT2D eigenvalue weighted by molar-refractivity contribution is 5.77. The normalized spacial score (nSPS) is 13.9. The molecule has 1 saturated heterocycles. The van der Waals surface area contributed by atoms with E-state index in [2.05, 4.69) is 5.10 Å². The molecular formula is C21H22N4O4. The summed E-state index contributed by atoms with van der Waals surface area (Å²) >= 11 is 0. The van der Waals surface area contributed by atoms with Gasteiger partial charge in [-0.2, -0.15) is 4.68 Å². The van der Waals surface area contributed by atoms with Crippen molar-refractivity contribution in [3.05, 3.63) is 76.5 Å². The van der Waals surface area contributed by atoms with Crippen LogP contribution in [-0.2, 0) is 17.8 Å². The molecule has 0 unspecified atom stereocenters. The number of carbonyl (C=O) groups excluding carboxylic acids is 1. The number of likely N-dealkylation sites (tertiary alicyclic amines) is 1. The van der Waals surface area contributed by atoms with Gasteiger partial charge in [-0.05, 0) is 17.7 Å². The fraction of sp³-hybridized carbons (Fsp3) is 0.286. The largest absolute Gasteiger partial charge is 0.494 e. The molecule has 2 aromatic carbocycles. The third-order valence-electron chi connectivity index (χ3n) is 4.97. The second kappa shape index (κ2) is 7.92. The van der Waals surface area contributed by atoms with Crippen LogP contribution < -0.4 is 10.4 Å². The molecular weight excluding hydrogens is 372 g/mol. The molecule has 1 N–H and O–H groups in total. The molecule has 0 atom stereocenters. The molecule has 0 aliphatic carbocycles. The van der Waals surface area contributed by atoms with E-state index < -0.39 is 11.8 Å². The Labute approximate surface area is 167 Å². The molecule has 1 aromatic heterocycles. The van der Waals surface area contributed by atoms with Gasteiger partial charge in [0.15, 0.2) is 0 Å². The maximum Gasteiger partial charge on any atom is 0.351 e. The van der Waals surface area contributed by atoms with Crippen molar-refractivity contribution in [1.29, 1.82) is 0 Å². The van der Waals surface area contributed by atoms with Crippen molar-refractivity contribution < 1.29 is 14.6 Å². The van der Waals surface area contributed by atoms with Crippen LogP contribution in [0.1, 0.15) is 11.4 Å². The highest BCUT2D eigenvalue weighted by Gasteiger charge is 2.30. The first kappa shape index (κ1) is 18.9. The Hall–Kier alpha value is -3.39. The standard InChI is InChI=1S/C21H22N4O4/c1-29-18-10-6-5-9-17(18)25-21(28)24(14-20(27)23-12-16(26)13-23)19(22-25)11-15-7-3-2-4-8-15/h2-10,16,26H,11-14H2,1H3. The second-order valence-electron chi connectivity index (χ2n) is 6.98. The summed E-state index contributed by atoms with van der Waals surface area (Å²) in [5.41, 5.74) is 1.09. The average molecular weight is 394 g/mol. The zero-order chi connectivity index (χ0) is 20.4. The van der Waals surface area contributed by atoms with Gasteiger partial charge >= 0.3 is 5.69 Å². The first-order valence-corrected chi connectivity index (χ1v) is 9.38. The van der Waals surface area contributed by atoms with Crippen LogP contribution in [0.4, 0.5) is 0 Å². The molecule has 150 valence electrons. The molecule has 8 heteroatoms. The molecule has 4 rings (SSSR count). The number of amides is 1. The number of methoxy groups -OCH3 is 1. The second-order valence-corrected chi connectivity index (χ2v) is 6.98. The van der Waals surface area contributed by atoms with Crippen LogP contribution in [0, 0.1) is 0 Å². The number of benzene rings is 2. The number of β-amino-alcohol motifs (C(OH)–C–C–N with tert-alkyl or cyclic N) is 1. The van der Waals surface area contributed by atoms with Gasteiger partial charge in [0.25, 0.3) is 0 Å². The summed E-state index contributed by atoms with van der Waals surface area (Å²) in [6.45, 7) is 0.466. The van der Waals surface area contributed by atoms with Crippen molar-refractivity contribution in [3.8, 4) is 11.4 Å². The van der Waals surface area contributed by atoms with E-state index in [0.717, 1.165) is 5.56 Å². The molecule has 29 heavy (non-hydrogen) atoms. The average Bonchev–Trinajstić information content (AvgIpc) is 3.01. The molecule has 3 aromatic rings. The fourth-order valence-electron chi connectivity index (χ4n) is 3.36. The molecule has 0 spiro atoms. The molecule has 1 aliphatic heterocycles. The fourth-order valence-corrected chi connectivity index (χ4v) is 3.36. The third-order valence-corrected chi connectivity index (χ3v) is 4.97. The van der Waals surface area contributed by atoms with E-state index in [9.17, 15) is 14.7 Å². The Morgan fingerprint density at radius 1 is 1.14 bits per heavy atom. The number of aliphatic hydroxyl groups is 1. The van der Waals surface area contributed by atoms with Gasteiger partial charge in [0, 0.05) is 19.5 Å². The van der Waals surface area contributed by atoms with Crippen LogP contribution >= 0.6 is 0 Å². The molecule has 8 nitrogen and oxygen atoms in total. The van der Waals surface area contributed by atoms with Crippen LogP contribution in [0.5, 0.6) is 5.75 Å². The highest BCUT2D eigenvalue weighted by atomic mass is 16.5. The molecule has 0 radical (unpaired) electrons. The molecule has 0 saturated carbocycles. The van der Waals surface area contributed by atoms with E-state index in [1.54, 1.807) is 18.2 Å². The number of aliphatic hydroxyl groups excluding tert-OH is 1. The lowest BCUT2D eigenvalue weighted by molar-refractivity contribution is -0.142. The van der Waals surface area contributed by atoms with E-state index in [0.29, 0.717) is 36.8 Å². The van der Waals surface area contributed by atoms with Gasteiger partial charge in [0.05, 0.1) is 13.2 Å². The summed E-state index contributed by atoms with van der Waals surface area (Å²) in [5, 5.41) is 14.0. The smallest absolute Gasteiger partial charge is 0.351 e. The van der Waals surface area contributed by atoms with Crippen LogP contribution in [0.2, 0.25) is 0 Å². The zero-order valence-corrected chi connectivity index (χ0v) is 16.1. The number of hydrogen-bond acceptors (Lipinski definition) is 5. The summed E-state index contributed by atoms with van der Waals surface area (Å²) in [6, 6.07) is 16.8. The van der Waals surface area contributed by atoms with E-state index >= 15 is 0 Å². The monoisotopic (exact) mass is 394 g/mol. The third kappa shape index (κ3) is 3.79. The number of ether oxygens (including phenoxy) is 1. The molecule has 2 heterocycles. The lowest BCUT2D eigenvalue weighted by atomic mass is 10.1. The topological polar surface area (TPSA) is 89.6 Å². The predicted molar refractivity (Wildman–Crippen MR) is 106 cm³/mol. The molecule has 1 aliphatic rings. The first-order chi connectivity index (χ1) is 14.1. The number of aromatic nitrogens is 3. The van der Waals surface area contributed by atoms with Crippen LogP contribution in [0.25, 0.3) is 5.69 Å². The maximum absolute atomic E-state index is 13.2. The molecule has 1 fully saturated rings. The minimum absolute atomic E-state index is 0.122. The van der Waals surface area contributed by atoms with Crippen molar-refractivity contribution in [3.63, 3.8) is 0 Å². The summed E-state index contributed by atoms with van der Waals surface area (Å²) in [7, 11) is 1.53. The van der Waals surface area contributed by atoms with Crippen molar-refractivity contribution in [2.75, 3.05) is 20.2 Å². The van der Waals surface area contributed by atoms with Crippen LogP contribution in [0.15, 0.2) is 59.4 Å². The Balaban J connectivity index is 1.73. The quantitative estimate of drug-likeness (QED) is 0.669. The Kier molecular flexibility index (Phi) is 5.18. The number of rotatable bonds is 6. The Morgan fingerprint density at radius 2 is 1.83 bits per heavy atom. The van der Waals surface area contributed by atoms with E-state index in [4.69, 9.17) is 4.74 Å². The van der Waals surface area contributed by atoms with Crippen molar-refractivity contribution in [2.24, 2.45) is 0 Å². The molecule has 1 amide bonds. The van der Waals surface area contributed by atoms with E-state index in [1.165, 1.54) is 21.3 Å². The minimum Gasteiger partial charge on any atom is -0.494 e. The van der Waals surface area contributed by atoms with E-state index in [1.807, 2.05) is 36.4 Å². The highest BCUT2D eigenvalue weighted by Crippen LogP contribution is 2.20. The lowest BCUT2D eigenvalue weighted by Gasteiger charge is -2.35. The summed E-state index contributed by atoms with van der Waals surface area (Å²) in [4.78, 5) is 27.3. The molecule has 0 bridgehead atoms. The Bertz CT molecular complexity index is 1070. The van der Waals surface area contributed by atoms with Gasteiger partial charge in [-0.3, -0.25) is 9.36 Å². The number of para-hydroxylation sites is 2. The maximum atomic E-state index is 13.2. The summed E-state index contributed by atoms with van der Waals surface area (Å²) in [5.74, 6) is 0.788. The summed E-state index contributed by atoms with van der Waals surface area (Å²) in [6.07, 6.45) is -0.0792. The minimum atomic E-state index is -0.490. The van der Waals surface area contributed by atoms with Crippen molar-refractivity contribution >= 4 is 5.91 Å². The van der Waals surface area contributed by atoms with Gasteiger partial charge in [-0.25, -0.2) is 4.79 Å². The number of hydrogen-bond donors (Lipinski definition) is 1. The van der Waals surface area contributed by atoms with Crippen LogP contribution in [-0.4, -0.2) is 56.6 Å². The van der Waals surface area contributed by atoms with Crippen molar-refractivity contribution in [1.82, 2.24) is 19.2 Å². The Morgan fingerprint density at radius 3 is 2.52 bits per heavy atom. The SMILES string of the molecule is COc1ccccc1-n1nc(Cc2ccccc2)n(CC(=O)N2CC(O)C2)c1=O. The van der Waals surface area contributed by atoms with Gasteiger partial charge < -0.3 is 14.7 Å². The van der Waals surface area contributed by atoms with E-state index in [-0.39, 0.29) is 12.5 Å². The van der Waals surface area contributed by atoms with Gasteiger partial charge in [-0.1, -0.05) is 42.5 Å². The van der Waals surface area contributed by atoms with Crippen molar-refractivity contribution in [2.45, 2.75) is 19.1 Å². The number of carbonyl (C=O) groups is 1. The van der Waals surface area contributed by atoms with Gasteiger partial charge in [-0.15, -0.1) is 5.10 Å². The zero-order valence-electron chi connectivity index (χ0n) is 16.1. The summed E-state index contributed by atoms with van der Waals surface area (Å²) < 4.78 is 8.04. The predicted octanol–water partition coefficient (Wildman–Crippen LogP) is 0.836. The van der Waals surface area contributed by atoms with Gasteiger partial charge in [0.2, 0.25) is 5.91 Å².